The number of rotatable bonds is 8. The number of aliphatic hydroxyl groups excluding tert-OH is 1. The number of anilines is 1. The molecule has 10 heteroatoms. The summed E-state index contributed by atoms with van der Waals surface area (Å²) in [7, 11) is 0. The summed E-state index contributed by atoms with van der Waals surface area (Å²) in [5.41, 5.74) is 0.304. The molecule has 2 aromatic rings. The van der Waals surface area contributed by atoms with Crippen LogP contribution in [0.3, 0.4) is 0 Å². The van der Waals surface area contributed by atoms with E-state index in [-0.39, 0.29) is 12.4 Å². The Hall–Kier alpha value is -2.23. The molecule has 0 aliphatic heterocycles. The zero-order valence-corrected chi connectivity index (χ0v) is 15.9. The molecule has 0 saturated heterocycles. The number of carboxylic acid groups (broad SMARTS) is 1. The number of nitrogens with one attached hydrogen (secondary N) is 1. The summed E-state index contributed by atoms with van der Waals surface area (Å²) in [6.45, 7) is 0.207. The number of pyridine rings is 1. The maximum absolute atomic E-state index is 12.6. The maximum atomic E-state index is 12.6. The third kappa shape index (κ3) is 6.74. The predicted octanol–water partition coefficient (Wildman–Crippen LogP) is 4.36. The molecule has 2 rings (SSSR count). The summed E-state index contributed by atoms with van der Waals surface area (Å²) < 4.78 is 37.9. The highest BCUT2D eigenvalue weighted by Crippen LogP contribution is 2.34. The van der Waals surface area contributed by atoms with Gasteiger partial charge in [-0.1, -0.05) is 11.8 Å². The summed E-state index contributed by atoms with van der Waals surface area (Å²) in [6.07, 6.45) is -2.13. The zero-order chi connectivity index (χ0) is 20.7. The number of aromatic nitrogens is 1. The second-order valence-corrected chi connectivity index (χ2v) is 6.97. The molecule has 0 bridgehead atoms. The maximum Gasteiger partial charge on any atom is 0.417 e. The smallest absolute Gasteiger partial charge is 0.417 e. The first-order valence-corrected chi connectivity index (χ1v) is 9.28. The van der Waals surface area contributed by atoms with Gasteiger partial charge in [0.05, 0.1) is 17.5 Å². The third-order valence-electron chi connectivity index (χ3n) is 3.41. The molecule has 0 aliphatic carbocycles. The van der Waals surface area contributed by atoms with Gasteiger partial charge in [0.15, 0.2) is 0 Å². The summed E-state index contributed by atoms with van der Waals surface area (Å²) in [5, 5.41) is 21.7. The first-order valence-electron chi connectivity index (χ1n) is 7.93. The van der Waals surface area contributed by atoms with Crippen LogP contribution < -0.4 is 5.32 Å². The normalized spacial score (nSPS) is 12.9. The first-order chi connectivity index (χ1) is 13.2. The number of aliphatic hydroxyl groups is 1. The highest BCUT2D eigenvalue weighted by atomic mass is 35.5. The van der Waals surface area contributed by atoms with Crippen molar-refractivity contribution in [1.82, 2.24) is 4.98 Å². The Morgan fingerprint density at radius 2 is 2.07 bits per heavy atom. The predicted molar refractivity (Wildman–Crippen MR) is 102 cm³/mol. The third-order valence-corrected chi connectivity index (χ3v) is 4.81. The second-order valence-electron chi connectivity index (χ2n) is 5.60. The van der Waals surface area contributed by atoms with Gasteiger partial charge in [0, 0.05) is 29.4 Å². The quantitative estimate of drug-likeness (QED) is 0.424. The van der Waals surface area contributed by atoms with Crippen molar-refractivity contribution in [3.63, 3.8) is 0 Å². The number of halogens is 4. The van der Waals surface area contributed by atoms with Gasteiger partial charge < -0.3 is 15.5 Å². The number of carboxylic acids is 1. The van der Waals surface area contributed by atoms with E-state index in [4.69, 9.17) is 16.7 Å². The van der Waals surface area contributed by atoms with Crippen molar-refractivity contribution >= 4 is 41.1 Å². The molecule has 0 fully saturated rings. The lowest BCUT2D eigenvalue weighted by atomic mass is 10.2. The number of aliphatic carboxylic acids is 1. The Balaban J connectivity index is 2.25. The van der Waals surface area contributed by atoms with Gasteiger partial charge in [0.25, 0.3) is 0 Å². The van der Waals surface area contributed by atoms with Crippen LogP contribution in [0.1, 0.15) is 11.1 Å². The molecule has 1 atom stereocenters. The van der Waals surface area contributed by atoms with E-state index >= 15 is 0 Å². The summed E-state index contributed by atoms with van der Waals surface area (Å²) in [4.78, 5) is 15.3. The molecule has 28 heavy (non-hydrogen) atoms. The monoisotopic (exact) mass is 432 g/mol. The van der Waals surface area contributed by atoms with Gasteiger partial charge in [-0.15, -0.1) is 11.6 Å². The van der Waals surface area contributed by atoms with Gasteiger partial charge in [-0.25, -0.2) is 9.78 Å². The van der Waals surface area contributed by atoms with Crippen LogP contribution in [-0.2, 0) is 11.0 Å². The van der Waals surface area contributed by atoms with Crippen LogP contribution in [0.15, 0.2) is 52.5 Å². The SMILES string of the molecule is O=C(O)C=Cc1cc(NCC(O)CCl)ccc1Sc1ccc(C(F)(F)F)cn1. The Bertz CT molecular complexity index is 845. The number of carbonyl (C=O) groups is 1. The highest BCUT2D eigenvalue weighted by Gasteiger charge is 2.30. The Morgan fingerprint density at radius 3 is 2.64 bits per heavy atom. The van der Waals surface area contributed by atoms with E-state index in [9.17, 15) is 23.1 Å². The van der Waals surface area contributed by atoms with E-state index in [2.05, 4.69) is 10.3 Å². The summed E-state index contributed by atoms with van der Waals surface area (Å²) in [6, 6.07) is 7.23. The van der Waals surface area contributed by atoms with Crippen LogP contribution >= 0.6 is 23.4 Å². The van der Waals surface area contributed by atoms with Crippen molar-refractivity contribution in [2.45, 2.75) is 22.2 Å². The highest BCUT2D eigenvalue weighted by molar-refractivity contribution is 7.99. The van der Waals surface area contributed by atoms with Gasteiger partial charge >= 0.3 is 12.1 Å². The fourth-order valence-electron chi connectivity index (χ4n) is 2.05. The zero-order valence-electron chi connectivity index (χ0n) is 14.3. The van der Waals surface area contributed by atoms with Crippen molar-refractivity contribution in [1.29, 1.82) is 0 Å². The molecule has 0 saturated carbocycles. The molecule has 0 radical (unpaired) electrons. The van der Waals surface area contributed by atoms with Gasteiger partial charge in [-0.05, 0) is 42.0 Å². The second kappa shape index (κ2) is 9.81. The van der Waals surface area contributed by atoms with Gasteiger partial charge in [-0.3, -0.25) is 0 Å². The largest absolute Gasteiger partial charge is 0.478 e. The molecular weight excluding hydrogens is 417 g/mol. The first kappa shape index (κ1) is 22.1. The van der Waals surface area contributed by atoms with Gasteiger partial charge in [-0.2, -0.15) is 13.2 Å². The lowest BCUT2D eigenvalue weighted by Gasteiger charge is -2.13. The van der Waals surface area contributed by atoms with E-state index in [1.54, 1.807) is 18.2 Å². The van der Waals surface area contributed by atoms with E-state index in [1.165, 1.54) is 12.1 Å². The van der Waals surface area contributed by atoms with Gasteiger partial charge in [0.2, 0.25) is 0 Å². The van der Waals surface area contributed by atoms with Crippen molar-refractivity contribution in [2.75, 3.05) is 17.7 Å². The number of hydrogen-bond donors (Lipinski definition) is 3. The van der Waals surface area contributed by atoms with Crippen LogP contribution in [0.5, 0.6) is 0 Å². The molecule has 5 nitrogen and oxygen atoms in total. The topological polar surface area (TPSA) is 82.5 Å². The molecule has 150 valence electrons. The molecule has 3 N–H and O–H groups in total. The fraction of sp³-hybridized carbons (Fsp3) is 0.222. The number of alkyl halides is 4. The van der Waals surface area contributed by atoms with Gasteiger partial charge in [0.1, 0.15) is 5.03 Å². The summed E-state index contributed by atoms with van der Waals surface area (Å²) in [5.74, 6) is -1.08. The van der Waals surface area contributed by atoms with Crippen molar-refractivity contribution in [3.8, 4) is 0 Å². The molecule has 0 aliphatic rings. The summed E-state index contributed by atoms with van der Waals surface area (Å²) >= 11 is 6.64. The van der Waals surface area contributed by atoms with E-state index in [0.29, 0.717) is 21.2 Å². The lowest BCUT2D eigenvalue weighted by molar-refractivity contribution is -0.138. The standard InChI is InChI=1S/C18H16ClF3N2O3S/c19-8-14(25)10-23-13-3-4-15(11(7-13)1-6-17(26)27)28-16-5-2-12(9-24-16)18(20,21)22/h1-7,9,14,23,25H,8,10H2,(H,26,27). The van der Waals surface area contributed by atoms with Crippen LogP contribution in [0.4, 0.5) is 18.9 Å². The van der Waals surface area contributed by atoms with Crippen molar-refractivity contribution in [3.05, 3.63) is 53.7 Å². The van der Waals surface area contributed by atoms with E-state index in [1.807, 2.05) is 0 Å². The number of nitrogens with zero attached hydrogens (tertiary/aromatic N) is 1. The minimum atomic E-state index is -4.47. The van der Waals surface area contributed by atoms with Crippen LogP contribution in [0, 0.1) is 0 Å². The fourth-order valence-corrected chi connectivity index (χ4v) is 3.01. The minimum absolute atomic E-state index is 0.0618. The number of benzene rings is 1. The molecule has 1 unspecified atom stereocenters. The Kier molecular flexibility index (Phi) is 7.73. The van der Waals surface area contributed by atoms with Crippen molar-refractivity contribution in [2.24, 2.45) is 0 Å². The van der Waals surface area contributed by atoms with Crippen LogP contribution in [0.2, 0.25) is 0 Å². The molecule has 1 aromatic carbocycles. The van der Waals surface area contributed by atoms with Crippen LogP contribution in [-0.4, -0.2) is 39.7 Å². The average Bonchev–Trinajstić information content (AvgIpc) is 2.65. The van der Waals surface area contributed by atoms with E-state index < -0.39 is 23.8 Å². The van der Waals surface area contributed by atoms with E-state index in [0.717, 1.165) is 30.1 Å². The van der Waals surface area contributed by atoms with Crippen molar-refractivity contribution < 1.29 is 28.2 Å². The molecule has 1 heterocycles. The number of hydrogen-bond acceptors (Lipinski definition) is 5. The molecule has 0 spiro atoms. The Labute approximate surface area is 168 Å². The molecule has 0 amide bonds. The Morgan fingerprint density at radius 1 is 1.32 bits per heavy atom. The van der Waals surface area contributed by atoms with Crippen LogP contribution in [0.25, 0.3) is 6.08 Å². The lowest BCUT2D eigenvalue weighted by Crippen LogP contribution is -2.20. The minimum Gasteiger partial charge on any atom is -0.478 e. The molecule has 1 aromatic heterocycles. The average molecular weight is 433 g/mol. The molecular formula is C18H16ClF3N2O3S.